The molecular weight excluding hydrogens is 321 g/mol. The molecule has 6 heteroatoms. The lowest BCUT2D eigenvalue weighted by atomic mass is 10.2. The quantitative estimate of drug-likeness (QED) is 0.808. The number of likely N-dealkylation sites (tertiary alicyclic amines) is 1. The van der Waals surface area contributed by atoms with Crippen LogP contribution in [0.5, 0.6) is 0 Å². The summed E-state index contributed by atoms with van der Waals surface area (Å²) in [5.41, 5.74) is 1.46. The minimum absolute atomic E-state index is 0.0380. The average Bonchev–Trinajstić information content (AvgIpc) is 3.12. The number of amides is 1. The van der Waals surface area contributed by atoms with Crippen LogP contribution in [0.2, 0.25) is 0 Å². The second-order valence-corrected chi connectivity index (χ2v) is 6.89. The minimum Gasteiger partial charge on any atom is -0.447 e. The molecular formula is C19H22FN3O2. The fraction of sp³-hybridized carbons (Fsp3) is 0.474. The Hall–Kier alpha value is -2.21. The summed E-state index contributed by atoms with van der Waals surface area (Å²) < 4.78 is 18.6. The van der Waals surface area contributed by atoms with Crippen molar-refractivity contribution in [3.8, 4) is 0 Å². The van der Waals surface area contributed by atoms with Crippen LogP contribution in [0.3, 0.4) is 0 Å². The highest BCUT2D eigenvalue weighted by molar-refractivity contribution is 5.92. The van der Waals surface area contributed by atoms with Crippen molar-refractivity contribution in [1.82, 2.24) is 14.8 Å². The maximum absolute atomic E-state index is 13.1. The van der Waals surface area contributed by atoms with Crippen LogP contribution in [0.1, 0.15) is 47.6 Å². The lowest BCUT2D eigenvalue weighted by Gasteiger charge is -2.20. The molecule has 2 aliphatic rings. The molecule has 0 bridgehead atoms. The Morgan fingerprint density at radius 2 is 1.92 bits per heavy atom. The number of carbonyl (C=O) groups excluding carboxylic acids is 1. The molecule has 132 valence electrons. The van der Waals surface area contributed by atoms with E-state index >= 15 is 0 Å². The zero-order valence-corrected chi connectivity index (χ0v) is 14.2. The predicted molar refractivity (Wildman–Crippen MR) is 90.3 cm³/mol. The monoisotopic (exact) mass is 343 g/mol. The van der Waals surface area contributed by atoms with Crippen molar-refractivity contribution in [1.29, 1.82) is 0 Å². The Labute approximate surface area is 146 Å². The normalized spacial score (nSPS) is 17.4. The number of aromatic nitrogens is 1. The molecule has 0 spiro atoms. The van der Waals surface area contributed by atoms with Gasteiger partial charge in [0.2, 0.25) is 5.89 Å². The third-order valence-electron chi connectivity index (χ3n) is 4.86. The second kappa shape index (κ2) is 6.96. The van der Waals surface area contributed by atoms with Crippen molar-refractivity contribution >= 4 is 5.91 Å². The number of hydrogen-bond donors (Lipinski definition) is 0. The number of carbonyl (C=O) groups is 1. The molecule has 1 aliphatic carbocycles. The van der Waals surface area contributed by atoms with Gasteiger partial charge in [0.25, 0.3) is 5.91 Å². The van der Waals surface area contributed by atoms with Crippen LogP contribution >= 0.6 is 0 Å². The molecule has 1 saturated heterocycles. The molecule has 0 radical (unpaired) electrons. The van der Waals surface area contributed by atoms with E-state index < -0.39 is 0 Å². The van der Waals surface area contributed by atoms with Crippen LogP contribution in [0.25, 0.3) is 0 Å². The Bertz CT molecular complexity index is 733. The number of halogens is 1. The first-order valence-corrected chi connectivity index (χ1v) is 8.91. The van der Waals surface area contributed by atoms with E-state index in [1.54, 1.807) is 0 Å². The summed E-state index contributed by atoms with van der Waals surface area (Å²) in [4.78, 5) is 20.9. The Balaban J connectivity index is 1.42. The standard InChI is InChI=1S/C19H22FN3O2/c20-15-5-3-14(4-6-15)11-23(16-7-8-16)12-18-21-17(13-25-18)19(24)22-9-1-2-10-22/h3-6,13,16H,1-2,7-12H2. The van der Waals surface area contributed by atoms with E-state index in [4.69, 9.17) is 4.42 Å². The second-order valence-electron chi connectivity index (χ2n) is 6.89. The highest BCUT2D eigenvalue weighted by atomic mass is 19.1. The SMILES string of the molecule is O=C(c1coc(CN(Cc2ccc(F)cc2)C2CC2)n1)N1CCCC1. The predicted octanol–water partition coefficient (Wildman–Crippen LogP) is 3.21. The number of oxazole rings is 1. The van der Waals surface area contributed by atoms with E-state index in [1.807, 2.05) is 17.0 Å². The van der Waals surface area contributed by atoms with Crippen LogP contribution in [-0.4, -0.2) is 39.8 Å². The third-order valence-corrected chi connectivity index (χ3v) is 4.86. The van der Waals surface area contributed by atoms with Crippen molar-refractivity contribution in [2.45, 2.75) is 44.8 Å². The van der Waals surface area contributed by atoms with E-state index in [9.17, 15) is 9.18 Å². The lowest BCUT2D eigenvalue weighted by Crippen LogP contribution is -2.28. The Kier molecular flexibility index (Phi) is 4.53. The van der Waals surface area contributed by atoms with Gasteiger partial charge >= 0.3 is 0 Å². The van der Waals surface area contributed by atoms with Crippen molar-refractivity contribution in [3.63, 3.8) is 0 Å². The van der Waals surface area contributed by atoms with Gasteiger partial charge < -0.3 is 9.32 Å². The van der Waals surface area contributed by atoms with Crippen molar-refractivity contribution in [2.24, 2.45) is 0 Å². The Morgan fingerprint density at radius 3 is 2.60 bits per heavy atom. The maximum Gasteiger partial charge on any atom is 0.275 e. The highest BCUT2D eigenvalue weighted by Gasteiger charge is 2.30. The van der Waals surface area contributed by atoms with Gasteiger partial charge in [-0.25, -0.2) is 9.37 Å². The molecule has 25 heavy (non-hydrogen) atoms. The summed E-state index contributed by atoms with van der Waals surface area (Å²) in [6, 6.07) is 7.09. The van der Waals surface area contributed by atoms with Gasteiger partial charge in [0.1, 0.15) is 12.1 Å². The van der Waals surface area contributed by atoms with Gasteiger partial charge in [0, 0.05) is 25.7 Å². The molecule has 1 aromatic carbocycles. The zero-order chi connectivity index (χ0) is 17.2. The van der Waals surface area contributed by atoms with Gasteiger partial charge in [0.05, 0.1) is 6.54 Å². The fourth-order valence-corrected chi connectivity index (χ4v) is 3.32. The Morgan fingerprint density at radius 1 is 1.20 bits per heavy atom. The summed E-state index contributed by atoms with van der Waals surface area (Å²) >= 11 is 0. The molecule has 4 rings (SSSR count). The molecule has 2 aromatic rings. The average molecular weight is 343 g/mol. The van der Waals surface area contributed by atoms with E-state index in [0.29, 0.717) is 24.2 Å². The molecule has 2 fully saturated rings. The number of rotatable bonds is 6. The summed E-state index contributed by atoms with van der Waals surface area (Å²) in [6.07, 6.45) is 5.90. The topological polar surface area (TPSA) is 49.6 Å². The number of nitrogens with zero attached hydrogens (tertiary/aromatic N) is 3. The molecule has 1 aliphatic heterocycles. The minimum atomic E-state index is -0.223. The molecule has 0 N–H and O–H groups in total. The first-order chi connectivity index (χ1) is 12.2. The molecule has 1 saturated carbocycles. The van der Waals surface area contributed by atoms with Gasteiger partial charge in [-0.1, -0.05) is 12.1 Å². The van der Waals surface area contributed by atoms with Crippen molar-refractivity contribution < 1.29 is 13.6 Å². The summed E-state index contributed by atoms with van der Waals surface area (Å²) in [7, 11) is 0. The van der Waals surface area contributed by atoms with Gasteiger partial charge in [-0.05, 0) is 43.4 Å². The van der Waals surface area contributed by atoms with Gasteiger partial charge in [-0.15, -0.1) is 0 Å². The van der Waals surface area contributed by atoms with Crippen molar-refractivity contribution in [2.75, 3.05) is 13.1 Å². The highest BCUT2D eigenvalue weighted by Crippen LogP contribution is 2.30. The van der Waals surface area contributed by atoms with Crippen LogP contribution in [0.4, 0.5) is 4.39 Å². The van der Waals surface area contributed by atoms with Gasteiger partial charge in [-0.3, -0.25) is 9.69 Å². The summed E-state index contributed by atoms with van der Waals surface area (Å²) in [5.74, 6) is 0.306. The molecule has 0 unspecified atom stereocenters. The smallest absolute Gasteiger partial charge is 0.275 e. The molecule has 1 aromatic heterocycles. The van der Waals surface area contributed by atoms with Crippen LogP contribution in [-0.2, 0) is 13.1 Å². The lowest BCUT2D eigenvalue weighted by molar-refractivity contribution is 0.0787. The molecule has 1 amide bonds. The van der Waals surface area contributed by atoms with Crippen LogP contribution < -0.4 is 0 Å². The molecule has 5 nitrogen and oxygen atoms in total. The summed E-state index contributed by atoms with van der Waals surface area (Å²) in [5, 5.41) is 0. The molecule has 0 atom stereocenters. The van der Waals surface area contributed by atoms with E-state index in [-0.39, 0.29) is 11.7 Å². The number of hydrogen-bond acceptors (Lipinski definition) is 4. The van der Waals surface area contributed by atoms with Crippen LogP contribution in [0, 0.1) is 5.82 Å². The van der Waals surface area contributed by atoms with Gasteiger partial charge in [0.15, 0.2) is 5.69 Å². The molecule has 2 heterocycles. The first-order valence-electron chi connectivity index (χ1n) is 8.91. The van der Waals surface area contributed by atoms with Crippen molar-refractivity contribution in [3.05, 3.63) is 53.5 Å². The fourth-order valence-electron chi connectivity index (χ4n) is 3.32. The largest absolute Gasteiger partial charge is 0.447 e. The zero-order valence-electron chi connectivity index (χ0n) is 14.2. The summed E-state index contributed by atoms with van der Waals surface area (Å²) in [6.45, 7) is 2.90. The van der Waals surface area contributed by atoms with Crippen LogP contribution in [0.15, 0.2) is 34.9 Å². The third kappa shape index (κ3) is 3.90. The van der Waals surface area contributed by atoms with E-state index in [1.165, 1.54) is 18.4 Å². The first kappa shape index (κ1) is 16.3. The van der Waals surface area contributed by atoms with E-state index in [0.717, 1.165) is 50.9 Å². The van der Waals surface area contributed by atoms with E-state index in [2.05, 4.69) is 9.88 Å². The number of benzene rings is 1. The maximum atomic E-state index is 13.1. The van der Waals surface area contributed by atoms with Gasteiger partial charge in [-0.2, -0.15) is 0 Å².